The lowest BCUT2D eigenvalue weighted by molar-refractivity contribution is 0.312. The van der Waals surface area contributed by atoms with Crippen LogP contribution in [0.15, 0.2) is 18.2 Å². The van der Waals surface area contributed by atoms with Crippen molar-refractivity contribution in [1.29, 1.82) is 0 Å². The first-order valence-corrected chi connectivity index (χ1v) is 6.27. The normalized spacial score (nSPS) is 15.3. The van der Waals surface area contributed by atoms with E-state index in [-0.39, 0.29) is 0 Å². The van der Waals surface area contributed by atoms with E-state index in [0.717, 1.165) is 23.8 Å². The van der Waals surface area contributed by atoms with Crippen LogP contribution in [-0.2, 0) is 13.1 Å². The number of nitrogens with zero attached hydrogens (tertiary/aromatic N) is 1. The van der Waals surface area contributed by atoms with Crippen molar-refractivity contribution in [1.82, 2.24) is 4.90 Å². The highest BCUT2D eigenvalue weighted by atomic mass is 16.5. The van der Waals surface area contributed by atoms with Crippen LogP contribution in [0, 0.1) is 5.92 Å². The molecule has 0 aromatic heterocycles. The summed E-state index contributed by atoms with van der Waals surface area (Å²) < 4.78 is 5.35. The molecule has 1 saturated carbocycles. The fraction of sp³-hybridized carbons (Fsp3) is 0.571. The van der Waals surface area contributed by atoms with Crippen LogP contribution in [0.5, 0.6) is 5.75 Å². The highest BCUT2D eigenvalue weighted by molar-refractivity contribution is 5.37. The lowest BCUT2D eigenvalue weighted by atomic mass is 10.1. The van der Waals surface area contributed by atoms with Gasteiger partial charge in [-0.15, -0.1) is 0 Å². The van der Waals surface area contributed by atoms with E-state index >= 15 is 0 Å². The van der Waals surface area contributed by atoms with Gasteiger partial charge in [0.25, 0.3) is 0 Å². The standard InChI is InChI=1S/C14H22N2O/c1-16(9-11-3-4-11)10-12-5-6-13(8-15)14(7-12)17-2/h5-7,11H,3-4,8-10,15H2,1-2H3. The maximum Gasteiger partial charge on any atom is 0.123 e. The summed E-state index contributed by atoms with van der Waals surface area (Å²) >= 11 is 0. The quantitative estimate of drug-likeness (QED) is 0.818. The molecular weight excluding hydrogens is 212 g/mol. The van der Waals surface area contributed by atoms with Crippen molar-refractivity contribution < 1.29 is 4.74 Å². The maximum atomic E-state index is 5.66. The molecule has 0 radical (unpaired) electrons. The minimum Gasteiger partial charge on any atom is -0.496 e. The summed E-state index contributed by atoms with van der Waals surface area (Å²) in [6, 6.07) is 6.32. The number of methoxy groups -OCH3 is 1. The second-order valence-electron chi connectivity index (χ2n) is 4.99. The summed E-state index contributed by atoms with van der Waals surface area (Å²) in [7, 11) is 3.88. The molecule has 1 aromatic rings. The van der Waals surface area contributed by atoms with Crippen molar-refractivity contribution in [2.24, 2.45) is 11.7 Å². The summed E-state index contributed by atoms with van der Waals surface area (Å²) in [5.74, 6) is 1.84. The van der Waals surface area contributed by atoms with Gasteiger partial charge < -0.3 is 15.4 Å². The zero-order valence-corrected chi connectivity index (χ0v) is 10.8. The van der Waals surface area contributed by atoms with Gasteiger partial charge in [-0.3, -0.25) is 0 Å². The van der Waals surface area contributed by atoms with Crippen LogP contribution in [0.2, 0.25) is 0 Å². The first kappa shape index (κ1) is 12.4. The average molecular weight is 234 g/mol. The summed E-state index contributed by atoms with van der Waals surface area (Å²) in [5.41, 5.74) is 8.03. The van der Waals surface area contributed by atoms with Crippen LogP contribution in [0.3, 0.4) is 0 Å². The lowest BCUT2D eigenvalue weighted by Gasteiger charge is -2.17. The second kappa shape index (κ2) is 5.52. The van der Waals surface area contributed by atoms with Crippen LogP contribution in [0.25, 0.3) is 0 Å². The Bertz CT molecular complexity index is 374. The zero-order valence-electron chi connectivity index (χ0n) is 10.8. The van der Waals surface area contributed by atoms with Crippen molar-refractivity contribution in [2.45, 2.75) is 25.9 Å². The molecule has 3 heteroatoms. The van der Waals surface area contributed by atoms with E-state index < -0.39 is 0 Å². The molecule has 2 N–H and O–H groups in total. The van der Waals surface area contributed by atoms with Gasteiger partial charge in [-0.25, -0.2) is 0 Å². The maximum absolute atomic E-state index is 5.66. The van der Waals surface area contributed by atoms with E-state index in [1.54, 1.807) is 7.11 Å². The molecule has 1 aromatic carbocycles. The van der Waals surface area contributed by atoms with Gasteiger partial charge in [-0.2, -0.15) is 0 Å². The number of hydrogen-bond donors (Lipinski definition) is 1. The van der Waals surface area contributed by atoms with Gasteiger partial charge >= 0.3 is 0 Å². The average Bonchev–Trinajstić information content (AvgIpc) is 3.12. The van der Waals surface area contributed by atoms with Crippen molar-refractivity contribution in [3.63, 3.8) is 0 Å². The Labute approximate surface area is 104 Å². The van der Waals surface area contributed by atoms with Gasteiger partial charge in [0.15, 0.2) is 0 Å². The largest absolute Gasteiger partial charge is 0.496 e. The molecule has 1 fully saturated rings. The smallest absolute Gasteiger partial charge is 0.123 e. The number of benzene rings is 1. The number of nitrogens with two attached hydrogens (primary N) is 1. The molecular formula is C14H22N2O. The van der Waals surface area contributed by atoms with Gasteiger partial charge in [-0.05, 0) is 37.4 Å². The van der Waals surface area contributed by atoms with E-state index in [0.29, 0.717) is 6.54 Å². The molecule has 0 spiro atoms. The van der Waals surface area contributed by atoms with Crippen molar-refractivity contribution >= 4 is 0 Å². The Morgan fingerprint density at radius 3 is 2.76 bits per heavy atom. The summed E-state index contributed by atoms with van der Waals surface area (Å²) in [4.78, 5) is 2.38. The van der Waals surface area contributed by atoms with Crippen LogP contribution in [-0.4, -0.2) is 25.6 Å². The first-order valence-electron chi connectivity index (χ1n) is 6.27. The van der Waals surface area contributed by atoms with E-state index in [9.17, 15) is 0 Å². The molecule has 0 heterocycles. The Hall–Kier alpha value is -1.06. The highest BCUT2D eigenvalue weighted by Gasteiger charge is 2.22. The van der Waals surface area contributed by atoms with Crippen molar-refractivity contribution in [3.8, 4) is 5.75 Å². The zero-order chi connectivity index (χ0) is 12.3. The third-order valence-corrected chi connectivity index (χ3v) is 3.29. The summed E-state index contributed by atoms with van der Waals surface area (Å²) in [5, 5.41) is 0. The summed E-state index contributed by atoms with van der Waals surface area (Å²) in [6.45, 7) is 2.72. The molecule has 3 nitrogen and oxygen atoms in total. The SMILES string of the molecule is COc1cc(CN(C)CC2CC2)ccc1CN. The van der Waals surface area contributed by atoms with Crippen LogP contribution >= 0.6 is 0 Å². The predicted molar refractivity (Wildman–Crippen MR) is 69.9 cm³/mol. The molecule has 0 saturated heterocycles. The fourth-order valence-corrected chi connectivity index (χ4v) is 2.17. The van der Waals surface area contributed by atoms with Crippen LogP contribution in [0.4, 0.5) is 0 Å². The highest BCUT2D eigenvalue weighted by Crippen LogP contribution is 2.30. The fourth-order valence-electron chi connectivity index (χ4n) is 2.17. The van der Waals surface area contributed by atoms with E-state index in [4.69, 9.17) is 10.5 Å². The molecule has 0 aliphatic heterocycles. The van der Waals surface area contributed by atoms with Gasteiger partial charge in [0.05, 0.1) is 7.11 Å². The Morgan fingerprint density at radius 2 is 2.18 bits per heavy atom. The molecule has 0 amide bonds. The molecule has 1 aliphatic carbocycles. The molecule has 1 aliphatic rings. The molecule has 2 rings (SSSR count). The molecule has 17 heavy (non-hydrogen) atoms. The Kier molecular flexibility index (Phi) is 4.02. The topological polar surface area (TPSA) is 38.5 Å². The monoisotopic (exact) mass is 234 g/mol. The Balaban J connectivity index is 1.99. The number of rotatable bonds is 6. The van der Waals surface area contributed by atoms with E-state index in [2.05, 4.69) is 30.1 Å². The van der Waals surface area contributed by atoms with E-state index in [1.807, 2.05) is 0 Å². The second-order valence-corrected chi connectivity index (χ2v) is 4.99. The molecule has 94 valence electrons. The van der Waals surface area contributed by atoms with Crippen LogP contribution in [0.1, 0.15) is 24.0 Å². The first-order chi connectivity index (χ1) is 8.22. The minimum atomic E-state index is 0.529. The minimum absolute atomic E-state index is 0.529. The van der Waals surface area contributed by atoms with Gasteiger partial charge in [0.1, 0.15) is 5.75 Å². The molecule has 0 atom stereocenters. The van der Waals surface area contributed by atoms with E-state index in [1.165, 1.54) is 24.9 Å². The third-order valence-electron chi connectivity index (χ3n) is 3.29. The summed E-state index contributed by atoms with van der Waals surface area (Å²) in [6.07, 6.45) is 2.81. The third kappa shape index (κ3) is 3.45. The lowest BCUT2D eigenvalue weighted by Crippen LogP contribution is -2.20. The predicted octanol–water partition coefficient (Wildman–Crippen LogP) is 2.00. The van der Waals surface area contributed by atoms with Gasteiger partial charge in [0.2, 0.25) is 0 Å². The van der Waals surface area contributed by atoms with Crippen molar-refractivity contribution in [3.05, 3.63) is 29.3 Å². The number of ether oxygens (including phenoxy) is 1. The van der Waals surface area contributed by atoms with Crippen molar-refractivity contribution in [2.75, 3.05) is 20.7 Å². The molecule has 0 bridgehead atoms. The molecule has 0 unspecified atom stereocenters. The van der Waals surface area contributed by atoms with Crippen LogP contribution < -0.4 is 10.5 Å². The van der Waals surface area contributed by atoms with Gasteiger partial charge in [-0.1, -0.05) is 12.1 Å². The number of hydrogen-bond acceptors (Lipinski definition) is 3. The Morgan fingerprint density at radius 1 is 1.41 bits per heavy atom. The van der Waals surface area contributed by atoms with Gasteiger partial charge in [0, 0.05) is 25.2 Å².